The highest BCUT2D eigenvalue weighted by atomic mass is 16.6. The number of amides is 1. The molecule has 2 rings (SSSR count). The molecule has 0 radical (unpaired) electrons. The minimum absolute atomic E-state index is 0.151. The molecular formula is C14H21NO5. The van der Waals surface area contributed by atoms with Gasteiger partial charge in [-0.3, -0.25) is 4.79 Å². The second-order valence-corrected chi connectivity index (χ2v) is 5.63. The summed E-state index contributed by atoms with van der Waals surface area (Å²) in [6, 6.07) is 0. The van der Waals surface area contributed by atoms with E-state index in [0.717, 1.165) is 6.42 Å². The smallest absolute Gasteiger partial charge is 0.410 e. The molecular weight excluding hydrogens is 262 g/mol. The number of piperidine rings is 1. The molecule has 1 saturated carbocycles. The molecule has 0 unspecified atom stereocenters. The lowest BCUT2D eigenvalue weighted by Gasteiger charge is -2.52. The van der Waals surface area contributed by atoms with Crippen LogP contribution in [0.4, 0.5) is 4.79 Å². The van der Waals surface area contributed by atoms with Crippen LogP contribution in [-0.2, 0) is 9.53 Å². The van der Waals surface area contributed by atoms with Gasteiger partial charge >= 0.3 is 12.1 Å². The maximum atomic E-state index is 11.7. The number of hydrogen-bond acceptors (Lipinski definition) is 4. The zero-order valence-corrected chi connectivity index (χ0v) is 11.5. The van der Waals surface area contributed by atoms with Gasteiger partial charge in [0.15, 0.2) is 0 Å². The van der Waals surface area contributed by atoms with Crippen LogP contribution in [0.2, 0.25) is 0 Å². The fourth-order valence-electron chi connectivity index (χ4n) is 3.17. The molecule has 1 amide bonds. The summed E-state index contributed by atoms with van der Waals surface area (Å²) in [6.45, 7) is 4.26. The Bertz CT molecular complexity index is 408. The predicted molar refractivity (Wildman–Crippen MR) is 71.2 cm³/mol. The molecule has 0 atom stereocenters. The van der Waals surface area contributed by atoms with Crippen molar-refractivity contribution >= 4 is 12.1 Å². The van der Waals surface area contributed by atoms with E-state index in [0.29, 0.717) is 25.9 Å². The largest absolute Gasteiger partial charge is 0.481 e. The van der Waals surface area contributed by atoms with E-state index in [-0.39, 0.29) is 19.4 Å². The summed E-state index contributed by atoms with van der Waals surface area (Å²) in [5.41, 5.74) is -2.24. The number of likely N-dealkylation sites (tertiary alicyclic amines) is 1. The van der Waals surface area contributed by atoms with E-state index in [1.807, 2.05) is 0 Å². The molecule has 0 aromatic carbocycles. The van der Waals surface area contributed by atoms with Gasteiger partial charge in [0, 0.05) is 13.1 Å². The van der Waals surface area contributed by atoms with Gasteiger partial charge in [0.2, 0.25) is 0 Å². The lowest BCUT2D eigenvalue weighted by Crippen LogP contribution is -2.61. The first-order valence-corrected chi connectivity index (χ1v) is 6.94. The van der Waals surface area contributed by atoms with Crippen molar-refractivity contribution in [2.75, 3.05) is 19.7 Å². The summed E-state index contributed by atoms with van der Waals surface area (Å²) in [5.74, 6) is -0.922. The number of aliphatic hydroxyl groups is 1. The maximum absolute atomic E-state index is 11.7. The molecule has 1 saturated heterocycles. The van der Waals surface area contributed by atoms with Crippen LogP contribution >= 0.6 is 0 Å². The van der Waals surface area contributed by atoms with Gasteiger partial charge in [-0.15, -0.1) is 0 Å². The fourth-order valence-corrected chi connectivity index (χ4v) is 3.17. The normalized spacial score (nSPS) is 23.6. The molecule has 1 aliphatic heterocycles. The Morgan fingerprint density at radius 2 is 1.85 bits per heavy atom. The number of carboxylic acids is 1. The predicted octanol–water partition coefficient (Wildman–Crippen LogP) is 1.39. The number of ether oxygens (including phenoxy) is 1. The van der Waals surface area contributed by atoms with E-state index in [2.05, 4.69) is 6.58 Å². The van der Waals surface area contributed by atoms with E-state index in [4.69, 9.17) is 4.74 Å². The molecule has 2 fully saturated rings. The maximum Gasteiger partial charge on any atom is 0.410 e. The second-order valence-electron chi connectivity index (χ2n) is 5.63. The molecule has 1 aliphatic carbocycles. The van der Waals surface area contributed by atoms with Crippen LogP contribution in [0.25, 0.3) is 0 Å². The van der Waals surface area contributed by atoms with E-state index in [9.17, 15) is 19.8 Å². The van der Waals surface area contributed by atoms with Crippen molar-refractivity contribution in [1.29, 1.82) is 0 Å². The van der Waals surface area contributed by atoms with Crippen molar-refractivity contribution in [3.8, 4) is 0 Å². The molecule has 112 valence electrons. The van der Waals surface area contributed by atoms with Crippen LogP contribution in [0.3, 0.4) is 0 Å². The Labute approximate surface area is 118 Å². The zero-order chi connectivity index (χ0) is 14.8. The van der Waals surface area contributed by atoms with Crippen LogP contribution in [0.1, 0.15) is 32.1 Å². The number of carbonyl (C=O) groups is 2. The molecule has 6 nitrogen and oxygen atoms in total. The standard InChI is InChI=1S/C14H21NO5/c1-2-10-20-12(18)15-8-6-14(19,7-9-15)13(11(16)17)4-3-5-13/h2,19H,1,3-10H2,(H,16,17). The lowest BCUT2D eigenvalue weighted by atomic mass is 9.56. The van der Waals surface area contributed by atoms with Crippen LogP contribution in [0, 0.1) is 5.41 Å². The Balaban J connectivity index is 1.98. The third-order valence-electron chi connectivity index (χ3n) is 4.68. The van der Waals surface area contributed by atoms with Gasteiger partial charge in [0.05, 0.1) is 11.0 Å². The Hall–Kier alpha value is -1.56. The highest BCUT2D eigenvalue weighted by Gasteiger charge is 2.60. The number of rotatable bonds is 4. The molecule has 0 aromatic heterocycles. The topological polar surface area (TPSA) is 87.1 Å². The summed E-state index contributed by atoms with van der Waals surface area (Å²) in [6.07, 6.45) is 3.47. The average molecular weight is 283 g/mol. The molecule has 0 aromatic rings. The number of carbonyl (C=O) groups excluding carboxylic acids is 1. The summed E-state index contributed by atoms with van der Waals surface area (Å²) in [5, 5.41) is 20.1. The first-order chi connectivity index (χ1) is 9.45. The minimum Gasteiger partial charge on any atom is -0.481 e. The number of nitrogens with zero attached hydrogens (tertiary/aromatic N) is 1. The Morgan fingerprint density at radius 3 is 2.25 bits per heavy atom. The third-order valence-corrected chi connectivity index (χ3v) is 4.68. The van der Waals surface area contributed by atoms with Crippen molar-refractivity contribution in [2.24, 2.45) is 5.41 Å². The minimum atomic E-state index is -1.22. The number of hydrogen-bond donors (Lipinski definition) is 2. The van der Waals surface area contributed by atoms with Gasteiger partial charge in [-0.05, 0) is 25.7 Å². The van der Waals surface area contributed by atoms with Gasteiger partial charge < -0.3 is 19.8 Å². The first-order valence-electron chi connectivity index (χ1n) is 6.94. The second kappa shape index (κ2) is 5.44. The quantitative estimate of drug-likeness (QED) is 0.761. The van der Waals surface area contributed by atoms with Gasteiger partial charge in [-0.1, -0.05) is 19.1 Å². The zero-order valence-electron chi connectivity index (χ0n) is 11.5. The van der Waals surface area contributed by atoms with Crippen molar-refractivity contribution in [3.05, 3.63) is 12.7 Å². The van der Waals surface area contributed by atoms with E-state index in [1.54, 1.807) is 0 Å². The molecule has 6 heteroatoms. The first kappa shape index (κ1) is 14.8. The van der Waals surface area contributed by atoms with Crippen LogP contribution in [0.5, 0.6) is 0 Å². The summed E-state index contributed by atoms with van der Waals surface area (Å²) in [4.78, 5) is 24.7. The number of aliphatic carboxylic acids is 1. The third kappa shape index (κ3) is 2.28. The SMILES string of the molecule is C=CCOC(=O)N1CCC(O)(C2(C(=O)O)CCC2)CC1. The van der Waals surface area contributed by atoms with Gasteiger partial charge in [0.1, 0.15) is 6.61 Å². The highest BCUT2D eigenvalue weighted by Crippen LogP contribution is 2.53. The Kier molecular flexibility index (Phi) is 4.04. The average Bonchev–Trinajstić information content (AvgIpc) is 2.34. The van der Waals surface area contributed by atoms with Gasteiger partial charge in [0.25, 0.3) is 0 Å². The Morgan fingerprint density at radius 1 is 1.25 bits per heavy atom. The summed E-state index contributed by atoms with van der Waals surface area (Å²) >= 11 is 0. The van der Waals surface area contributed by atoms with Crippen LogP contribution < -0.4 is 0 Å². The molecule has 20 heavy (non-hydrogen) atoms. The van der Waals surface area contributed by atoms with Crippen molar-refractivity contribution in [1.82, 2.24) is 4.90 Å². The molecule has 0 spiro atoms. The van der Waals surface area contributed by atoms with E-state index in [1.165, 1.54) is 11.0 Å². The molecule has 1 heterocycles. The molecule has 0 bridgehead atoms. The summed E-state index contributed by atoms with van der Waals surface area (Å²) < 4.78 is 4.94. The highest BCUT2D eigenvalue weighted by molar-refractivity contribution is 5.77. The van der Waals surface area contributed by atoms with Crippen LogP contribution in [0.15, 0.2) is 12.7 Å². The van der Waals surface area contributed by atoms with Crippen LogP contribution in [-0.4, -0.2) is 52.5 Å². The van der Waals surface area contributed by atoms with Gasteiger partial charge in [-0.25, -0.2) is 4.79 Å². The monoisotopic (exact) mass is 283 g/mol. The number of carboxylic acid groups (broad SMARTS) is 1. The van der Waals surface area contributed by atoms with Crippen molar-refractivity contribution in [2.45, 2.75) is 37.7 Å². The van der Waals surface area contributed by atoms with E-state index >= 15 is 0 Å². The van der Waals surface area contributed by atoms with Crippen molar-refractivity contribution in [3.63, 3.8) is 0 Å². The van der Waals surface area contributed by atoms with E-state index < -0.39 is 23.1 Å². The summed E-state index contributed by atoms with van der Waals surface area (Å²) in [7, 11) is 0. The lowest BCUT2D eigenvalue weighted by molar-refractivity contribution is -0.192. The molecule has 2 aliphatic rings. The van der Waals surface area contributed by atoms with Crippen molar-refractivity contribution < 1.29 is 24.5 Å². The molecule has 2 N–H and O–H groups in total. The fraction of sp³-hybridized carbons (Fsp3) is 0.714. The van der Waals surface area contributed by atoms with Gasteiger partial charge in [-0.2, -0.15) is 0 Å².